The second-order valence-electron chi connectivity index (χ2n) is 5.51. The lowest BCUT2D eigenvalue weighted by atomic mass is 10.2. The van der Waals surface area contributed by atoms with Gasteiger partial charge in [-0.25, -0.2) is 9.37 Å². The van der Waals surface area contributed by atoms with Crippen molar-refractivity contribution in [2.75, 3.05) is 17.2 Å². The smallest absolute Gasteiger partial charge is 0.322 e. The number of nitrogens with zero attached hydrogens (tertiary/aromatic N) is 3. The van der Waals surface area contributed by atoms with Crippen molar-refractivity contribution in [2.45, 2.75) is 6.92 Å². The van der Waals surface area contributed by atoms with Gasteiger partial charge in [-0.3, -0.25) is 9.78 Å². The monoisotopic (exact) mass is 353 g/mol. The standard InChI is InChI=1S/C18H16FN5O2/c1-11-8-12(5-6-13(11)19)22-16-9-15(14-4-2-3-7-20-14)23-18(24-16)21-10-17(25)26/h2-9H,10H2,1H3,(H,25,26)(H2,21,22,23,24). The van der Waals surface area contributed by atoms with Crippen LogP contribution in [0.4, 0.5) is 21.8 Å². The van der Waals surface area contributed by atoms with Crippen molar-refractivity contribution in [3.63, 3.8) is 0 Å². The average Bonchev–Trinajstić information content (AvgIpc) is 2.64. The summed E-state index contributed by atoms with van der Waals surface area (Å²) in [6, 6.07) is 11.7. The minimum Gasteiger partial charge on any atom is -0.480 e. The van der Waals surface area contributed by atoms with Crippen LogP contribution in [0, 0.1) is 12.7 Å². The van der Waals surface area contributed by atoms with Crippen LogP contribution in [0.2, 0.25) is 0 Å². The number of benzene rings is 1. The fourth-order valence-corrected chi connectivity index (χ4v) is 2.26. The highest BCUT2D eigenvalue weighted by Crippen LogP contribution is 2.23. The van der Waals surface area contributed by atoms with E-state index in [1.54, 1.807) is 43.5 Å². The van der Waals surface area contributed by atoms with E-state index in [2.05, 4.69) is 25.6 Å². The summed E-state index contributed by atoms with van der Waals surface area (Å²) >= 11 is 0. The van der Waals surface area contributed by atoms with E-state index in [1.165, 1.54) is 6.07 Å². The lowest BCUT2D eigenvalue weighted by Crippen LogP contribution is -2.15. The van der Waals surface area contributed by atoms with Crippen LogP contribution in [-0.2, 0) is 4.79 Å². The van der Waals surface area contributed by atoms with E-state index >= 15 is 0 Å². The topological polar surface area (TPSA) is 100 Å². The highest BCUT2D eigenvalue weighted by atomic mass is 19.1. The molecule has 0 aliphatic heterocycles. The Morgan fingerprint density at radius 3 is 2.69 bits per heavy atom. The summed E-state index contributed by atoms with van der Waals surface area (Å²) in [5, 5.41) is 14.6. The lowest BCUT2D eigenvalue weighted by Gasteiger charge is -2.11. The summed E-state index contributed by atoms with van der Waals surface area (Å²) in [6.07, 6.45) is 1.64. The molecule has 0 spiro atoms. The number of carbonyl (C=O) groups is 1. The van der Waals surface area contributed by atoms with Crippen molar-refractivity contribution < 1.29 is 14.3 Å². The second-order valence-corrected chi connectivity index (χ2v) is 5.51. The van der Waals surface area contributed by atoms with Gasteiger partial charge in [0.15, 0.2) is 0 Å². The lowest BCUT2D eigenvalue weighted by molar-refractivity contribution is -0.134. The van der Waals surface area contributed by atoms with Gasteiger partial charge in [0.2, 0.25) is 5.95 Å². The minimum absolute atomic E-state index is 0.150. The normalized spacial score (nSPS) is 10.4. The first kappa shape index (κ1) is 17.3. The summed E-state index contributed by atoms with van der Waals surface area (Å²) < 4.78 is 13.4. The molecule has 3 aromatic rings. The molecule has 3 rings (SSSR count). The van der Waals surface area contributed by atoms with Gasteiger partial charge in [-0.1, -0.05) is 6.07 Å². The molecule has 0 bridgehead atoms. The number of halogens is 1. The zero-order valence-electron chi connectivity index (χ0n) is 13.9. The number of aromatic nitrogens is 3. The molecular formula is C18H16FN5O2. The van der Waals surface area contributed by atoms with Gasteiger partial charge in [-0.2, -0.15) is 4.98 Å². The highest BCUT2D eigenvalue weighted by molar-refractivity contribution is 5.72. The minimum atomic E-state index is -1.03. The van der Waals surface area contributed by atoms with Gasteiger partial charge in [0.1, 0.15) is 18.2 Å². The Labute approximate surface area is 149 Å². The maximum absolute atomic E-state index is 13.4. The number of anilines is 3. The SMILES string of the molecule is Cc1cc(Nc2cc(-c3ccccn3)nc(NCC(=O)O)n2)ccc1F. The van der Waals surface area contributed by atoms with Crippen molar-refractivity contribution >= 4 is 23.4 Å². The van der Waals surface area contributed by atoms with Crippen molar-refractivity contribution in [3.05, 3.63) is 60.0 Å². The number of carboxylic acids is 1. The molecule has 0 saturated carbocycles. The molecule has 132 valence electrons. The van der Waals surface area contributed by atoms with E-state index < -0.39 is 5.97 Å². The van der Waals surface area contributed by atoms with Crippen LogP contribution in [0.3, 0.4) is 0 Å². The molecule has 0 amide bonds. The Morgan fingerprint density at radius 2 is 2.00 bits per heavy atom. The number of carboxylic acid groups (broad SMARTS) is 1. The van der Waals surface area contributed by atoms with Gasteiger partial charge in [-0.15, -0.1) is 0 Å². The van der Waals surface area contributed by atoms with Crippen LogP contribution >= 0.6 is 0 Å². The predicted octanol–water partition coefficient (Wildman–Crippen LogP) is 3.23. The average molecular weight is 353 g/mol. The molecule has 0 radical (unpaired) electrons. The van der Waals surface area contributed by atoms with Crippen molar-refractivity contribution in [2.24, 2.45) is 0 Å². The molecule has 0 aliphatic carbocycles. The van der Waals surface area contributed by atoms with Crippen LogP contribution in [0.15, 0.2) is 48.7 Å². The van der Waals surface area contributed by atoms with E-state index in [1.807, 2.05) is 6.07 Å². The Balaban J connectivity index is 1.95. The van der Waals surface area contributed by atoms with E-state index in [0.29, 0.717) is 28.5 Å². The number of aryl methyl sites for hydroxylation is 1. The molecular weight excluding hydrogens is 337 g/mol. The third-order valence-corrected chi connectivity index (χ3v) is 3.48. The summed E-state index contributed by atoms with van der Waals surface area (Å²) in [4.78, 5) is 23.6. The molecule has 8 heteroatoms. The summed E-state index contributed by atoms with van der Waals surface area (Å²) in [6.45, 7) is 1.35. The van der Waals surface area contributed by atoms with Crippen LogP contribution in [0.25, 0.3) is 11.4 Å². The molecule has 0 unspecified atom stereocenters. The Bertz CT molecular complexity index is 934. The van der Waals surface area contributed by atoms with Gasteiger partial charge < -0.3 is 15.7 Å². The van der Waals surface area contributed by atoms with Crippen LogP contribution < -0.4 is 10.6 Å². The zero-order chi connectivity index (χ0) is 18.5. The molecule has 26 heavy (non-hydrogen) atoms. The quantitative estimate of drug-likeness (QED) is 0.625. The summed E-state index contributed by atoms with van der Waals surface area (Å²) in [7, 11) is 0. The van der Waals surface area contributed by atoms with Crippen molar-refractivity contribution in [1.29, 1.82) is 0 Å². The molecule has 0 saturated heterocycles. The maximum atomic E-state index is 13.4. The van der Waals surface area contributed by atoms with E-state index in [0.717, 1.165) is 0 Å². The third-order valence-electron chi connectivity index (χ3n) is 3.48. The number of nitrogens with one attached hydrogen (secondary N) is 2. The first-order valence-electron chi connectivity index (χ1n) is 7.80. The Hall–Kier alpha value is -3.55. The predicted molar refractivity (Wildman–Crippen MR) is 95.8 cm³/mol. The molecule has 7 nitrogen and oxygen atoms in total. The molecule has 0 atom stereocenters. The largest absolute Gasteiger partial charge is 0.480 e. The molecule has 2 aromatic heterocycles. The maximum Gasteiger partial charge on any atom is 0.322 e. The third kappa shape index (κ3) is 4.29. The van der Waals surface area contributed by atoms with Gasteiger partial charge in [-0.05, 0) is 42.8 Å². The van der Waals surface area contributed by atoms with Gasteiger partial charge in [0.25, 0.3) is 0 Å². The molecule has 3 N–H and O–H groups in total. The molecule has 1 aromatic carbocycles. The van der Waals surface area contributed by atoms with E-state index in [-0.39, 0.29) is 18.3 Å². The summed E-state index contributed by atoms with van der Waals surface area (Å²) in [5.41, 5.74) is 2.29. The molecule has 2 heterocycles. The first-order valence-corrected chi connectivity index (χ1v) is 7.80. The van der Waals surface area contributed by atoms with Crippen molar-refractivity contribution in [3.8, 4) is 11.4 Å². The van der Waals surface area contributed by atoms with Gasteiger partial charge in [0.05, 0.1) is 11.4 Å². The number of hydrogen-bond donors (Lipinski definition) is 3. The van der Waals surface area contributed by atoms with E-state index in [9.17, 15) is 9.18 Å². The Kier molecular flexibility index (Phi) is 5.02. The van der Waals surface area contributed by atoms with Gasteiger partial charge >= 0.3 is 5.97 Å². The second kappa shape index (κ2) is 7.56. The molecule has 0 aliphatic rings. The fraction of sp³-hybridized carbons (Fsp3) is 0.111. The van der Waals surface area contributed by atoms with Crippen LogP contribution in [-0.4, -0.2) is 32.6 Å². The van der Waals surface area contributed by atoms with E-state index in [4.69, 9.17) is 5.11 Å². The first-order chi connectivity index (χ1) is 12.5. The number of rotatable bonds is 6. The summed E-state index contributed by atoms with van der Waals surface area (Å²) in [5.74, 6) is -0.742. The van der Waals surface area contributed by atoms with Crippen LogP contribution in [0.1, 0.15) is 5.56 Å². The Morgan fingerprint density at radius 1 is 1.15 bits per heavy atom. The zero-order valence-corrected chi connectivity index (χ0v) is 13.9. The highest BCUT2D eigenvalue weighted by Gasteiger charge is 2.09. The van der Waals surface area contributed by atoms with Gasteiger partial charge in [0, 0.05) is 18.0 Å². The van der Waals surface area contributed by atoms with Crippen LogP contribution in [0.5, 0.6) is 0 Å². The van der Waals surface area contributed by atoms with Crippen molar-refractivity contribution in [1.82, 2.24) is 15.0 Å². The number of aliphatic carboxylic acids is 1. The fourth-order valence-electron chi connectivity index (χ4n) is 2.26. The number of hydrogen-bond acceptors (Lipinski definition) is 6. The molecule has 0 fully saturated rings. The number of pyridine rings is 1.